The summed E-state index contributed by atoms with van der Waals surface area (Å²) in [5.41, 5.74) is 2.64. The minimum Gasteiger partial charge on any atom is -0.370 e. The lowest BCUT2D eigenvalue weighted by molar-refractivity contribution is 0.151. The molecule has 0 bridgehead atoms. The van der Waals surface area contributed by atoms with E-state index < -0.39 is 6.43 Å². The number of anilines is 1. The van der Waals surface area contributed by atoms with E-state index in [-0.39, 0.29) is 5.56 Å². The molecule has 0 aliphatic carbocycles. The van der Waals surface area contributed by atoms with Gasteiger partial charge in [0.05, 0.1) is 0 Å². The van der Waals surface area contributed by atoms with Crippen molar-refractivity contribution in [3.05, 3.63) is 41.1 Å². The predicted molar refractivity (Wildman–Crippen MR) is 80.7 cm³/mol. The summed E-state index contributed by atoms with van der Waals surface area (Å²) < 4.78 is 25.2. The number of benzene rings is 1. The zero-order valence-electron chi connectivity index (χ0n) is 12.5. The lowest BCUT2D eigenvalue weighted by Gasteiger charge is -2.12. The smallest absolute Gasteiger partial charge is 0.263 e. The first-order valence-electron chi connectivity index (χ1n) is 7.00. The molecule has 1 aromatic heterocycles. The molecule has 2 rings (SSSR count). The highest BCUT2D eigenvalue weighted by Crippen LogP contribution is 2.24. The molecular formula is C16H19F2N3. The summed E-state index contributed by atoms with van der Waals surface area (Å²) in [6, 6.07) is 6.10. The maximum absolute atomic E-state index is 12.6. The van der Waals surface area contributed by atoms with E-state index in [0.717, 1.165) is 35.6 Å². The van der Waals surface area contributed by atoms with Crippen LogP contribution in [-0.2, 0) is 0 Å². The molecule has 0 saturated carbocycles. The summed E-state index contributed by atoms with van der Waals surface area (Å²) in [7, 11) is 0. The van der Waals surface area contributed by atoms with Crippen LogP contribution in [0.3, 0.4) is 0 Å². The maximum Gasteiger partial charge on any atom is 0.263 e. The van der Waals surface area contributed by atoms with Crippen LogP contribution in [0.4, 0.5) is 14.6 Å². The molecule has 0 aliphatic heterocycles. The standard InChI is InChI=1S/C16H19F2N3/c1-4-9-19-15-10(2)11(3)20-16(21-15)13-7-5-12(6-8-13)14(17)18/h5-8,14H,4,9H2,1-3H3,(H,19,20,21). The van der Waals surface area contributed by atoms with Gasteiger partial charge in [0.15, 0.2) is 5.82 Å². The summed E-state index contributed by atoms with van der Waals surface area (Å²) in [6.45, 7) is 6.81. The van der Waals surface area contributed by atoms with E-state index in [1.54, 1.807) is 12.1 Å². The Balaban J connectivity index is 2.36. The molecule has 0 saturated heterocycles. The second kappa shape index (κ2) is 6.61. The van der Waals surface area contributed by atoms with Gasteiger partial charge in [0, 0.05) is 28.9 Å². The van der Waals surface area contributed by atoms with Gasteiger partial charge >= 0.3 is 0 Å². The minimum atomic E-state index is -2.46. The largest absolute Gasteiger partial charge is 0.370 e. The third kappa shape index (κ3) is 3.54. The van der Waals surface area contributed by atoms with Crippen LogP contribution in [0.5, 0.6) is 0 Å². The summed E-state index contributed by atoms with van der Waals surface area (Å²) in [5, 5.41) is 3.27. The van der Waals surface area contributed by atoms with E-state index >= 15 is 0 Å². The van der Waals surface area contributed by atoms with E-state index in [9.17, 15) is 8.78 Å². The Kier molecular flexibility index (Phi) is 4.83. The van der Waals surface area contributed by atoms with Gasteiger partial charge in [0.2, 0.25) is 0 Å². The Morgan fingerprint density at radius 1 is 1.10 bits per heavy atom. The van der Waals surface area contributed by atoms with Crippen LogP contribution in [0.2, 0.25) is 0 Å². The molecule has 0 spiro atoms. The van der Waals surface area contributed by atoms with Crippen molar-refractivity contribution in [3.63, 3.8) is 0 Å². The Morgan fingerprint density at radius 2 is 1.76 bits per heavy atom. The van der Waals surface area contributed by atoms with Gasteiger partial charge in [0.25, 0.3) is 6.43 Å². The molecule has 0 fully saturated rings. The maximum atomic E-state index is 12.6. The Labute approximate surface area is 123 Å². The predicted octanol–water partition coefficient (Wildman–Crippen LogP) is 4.52. The first-order valence-corrected chi connectivity index (χ1v) is 7.00. The minimum absolute atomic E-state index is 0.00640. The molecule has 0 unspecified atom stereocenters. The van der Waals surface area contributed by atoms with Crippen LogP contribution in [0, 0.1) is 13.8 Å². The molecule has 0 amide bonds. The van der Waals surface area contributed by atoms with Crippen LogP contribution in [0.1, 0.15) is 36.6 Å². The van der Waals surface area contributed by atoms with E-state index in [4.69, 9.17) is 0 Å². The van der Waals surface area contributed by atoms with E-state index in [1.165, 1.54) is 12.1 Å². The molecular weight excluding hydrogens is 272 g/mol. The number of aromatic nitrogens is 2. The molecule has 0 radical (unpaired) electrons. The molecule has 112 valence electrons. The normalized spacial score (nSPS) is 11.0. The zero-order chi connectivity index (χ0) is 15.4. The fourth-order valence-electron chi connectivity index (χ4n) is 1.95. The number of alkyl halides is 2. The van der Waals surface area contributed by atoms with Gasteiger partial charge in [0.1, 0.15) is 5.82 Å². The highest BCUT2D eigenvalue weighted by molar-refractivity contribution is 5.60. The van der Waals surface area contributed by atoms with Crippen molar-refractivity contribution in [3.8, 4) is 11.4 Å². The average molecular weight is 291 g/mol. The number of nitrogens with one attached hydrogen (secondary N) is 1. The molecule has 2 aromatic rings. The summed E-state index contributed by atoms with van der Waals surface area (Å²) in [4.78, 5) is 8.95. The average Bonchev–Trinajstić information content (AvgIpc) is 2.48. The monoisotopic (exact) mass is 291 g/mol. The second-order valence-corrected chi connectivity index (χ2v) is 4.96. The number of hydrogen-bond acceptors (Lipinski definition) is 3. The molecule has 1 heterocycles. The van der Waals surface area contributed by atoms with Crippen LogP contribution in [0.15, 0.2) is 24.3 Å². The van der Waals surface area contributed by atoms with Crippen LogP contribution in [0.25, 0.3) is 11.4 Å². The van der Waals surface area contributed by atoms with E-state index in [1.807, 2.05) is 13.8 Å². The van der Waals surface area contributed by atoms with Crippen molar-refractivity contribution in [1.29, 1.82) is 0 Å². The lowest BCUT2D eigenvalue weighted by atomic mass is 10.1. The number of rotatable bonds is 5. The summed E-state index contributed by atoms with van der Waals surface area (Å²) in [6.07, 6.45) is -1.46. The van der Waals surface area contributed by atoms with Crippen LogP contribution < -0.4 is 5.32 Å². The number of aryl methyl sites for hydroxylation is 1. The Bertz CT molecular complexity index is 610. The fraction of sp³-hybridized carbons (Fsp3) is 0.375. The molecule has 1 aromatic carbocycles. The summed E-state index contributed by atoms with van der Waals surface area (Å²) in [5.74, 6) is 1.36. The van der Waals surface area contributed by atoms with E-state index in [2.05, 4.69) is 22.2 Å². The van der Waals surface area contributed by atoms with Gasteiger partial charge in [-0.05, 0) is 20.3 Å². The molecule has 0 atom stereocenters. The highest BCUT2D eigenvalue weighted by Gasteiger charge is 2.11. The zero-order valence-corrected chi connectivity index (χ0v) is 12.5. The van der Waals surface area contributed by atoms with Crippen molar-refractivity contribution >= 4 is 5.82 Å². The topological polar surface area (TPSA) is 37.8 Å². The van der Waals surface area contributed by atoms with Gasteiger partial charge in [-0.15, -0.1) is 0 Å². The quantitative estimate of drug-likeness (QED) is 0.880. The fourth-order valence-corrected chi connectivity index (χ4v) is 1.95. The van der Waals surface area contributed by atoms with Crippen LogP contribution >= 0.6 is 0 Å². The van der Waals surface area contributed by atoms with Gasteiger partial charge in [-0.2, -0.15) is 0 Å². The van der Waals surface area contributed by atoms with Crippen LogP contribution in [-0.4, -0.2) is 16.5 Å². The Hall–Kier alpha value is -2.04. The second-order valence-electron chi connectivity index (χ2n) is 4.96. The van der Waals surface area contributed by atoms with Crippen molar-refractivity contribution in [2.75, 3.05) is 11.9 Å². The molecule has 5 heteroatoms. The Morgan fingerprint density at radius 3 is 2.33 bits per heavy atom. The van der Waals surface area contributed by atoms with E-state index in [0.29, 0.717) is 5.82 Å². The van der Waals surface area contributed by atoms with Gasteiger partial charge < -0.3 is 5.32 Å². The van der Waals surface area contributed by atoms with Crippen molar-refractivity contribution in [1.82, 2.24) is 9.97 Å². The SMILES string of the molecule is CCCNc1nc(-c2ccc(C(F)F)cc2)nc(C)c1C. The highest BCUT2D eigenvalue weighted by atomic mass is 19.3. The lowest BCUT2D eigenvalue weighted by Crippen LogP contribution is -2.07. The van der Waals surface area contributed by atoms with Gasteiger partial charge in [-0.25, -0.2) is 18.7 Å². The number of nitrogens with zero attached hydrogens (tertiary/aromatic N) is 2. The van der Waals surface area contributed by atoms with Crippen molar-refractivity contribution in [2.45, 2.75) is 33.6 Å². The third-order valence-electron chi connectivity index (χ3n) is 3.35. The van der Waals surface area contributed by atoms with Gasteiger partial charge in [-0.3, -0.25) is 0 Å². The molecule has 1 N–H and O–H groups in total. The van der Waals surface area contributed by atoms with Crippen molar-refractivity contribution in [2.24, 2.45) is 0 Å². The number of hydrogen-bond donors (Lipinski definition) is 1. The van der Waals surface area contributed by atoms with Crippen molar-refractivity contribution < 1.29 is 8.78 Å². The van der Waals surface area contributed by atoms with Gasteiger partial charge in [-0.1, -0.05) is 31.2 Å². The molecule has 0 aliphatic rings. The summed E-state index contributed by atoms with van der Waals surface area (Å²) >= 11 is 0. The first-order chi connectivity index (χ1) is 10.0. The third-order valence-corrected chi connectivity index (χ3v) is 3.35. The number of halogens is 2. The molecule has 21 heavy (non-hydrogen) atoms. The molecule has 3 nitrogen and oxygen atoms in total. The first kappa shape index (κ1) is 15.4.